The van der Waals surface area contributed by atoms with Crippen LogP contribution in [0.5, 0.6) is 0 Å². The van der Waals surface area contributed by atoms with Crippen LogP contribution in [0.3, 0.4) is 0 Å². The second-order valence-corrected chi connectivity index (χ2v) is 1.99. The maximum atomic E-state index is 8.57. The van der Waals surface area contributed by atoms with Crippen LogP contribution >= 0.6 is 0 Å². The summed E-state index contributed by atoms with van der Waals surface area (Å²) in [5.74, 6) is 0.326. The van der Waals surface area contributed by atoms with Gasteiger partial charge >= 0.3 is 20.4 Å². The fraction of sp³-hybridized carbons (Fsp3) is 1.00. The Morgan fingerprint density at radius 1 is 1.67 bits per heavy atom. The smallest absolute Gasteiger partial charge is 0.534 e. The van der Waals surface area contributed by atoms with Crippen LogP contribution in [0.25, 0.3) is 5.48 Å². The number of nitrogens with zero attached hydrogens (tertiary/aromatic N) is 1. The molecular weight excluding hydrogens is 212 g/mol. The third-order valence-corrected chi connectivity index (χ3v) is 1.29. The van der Waals surface area contributed by atoms with Gasteiger partial charge in [0.1, 0.15) is 0 Å². The number of hydrogen-bond acceptors (Lipinski definition) is 2. The molecule has 4 heteroatoms. The van der Waals surface area contributed by atoms with Crippen LogP contribution in [0.2, 0.25) is 0 Å². The SMILES string of the molecule is OCC1CC[N-]OC1.[Pd+2]. The molecule has 1 N–H and O–H groups in total. The Kier molecular flexibility index (Phi) is 5.66. The van der Waals surface area contributed by atoms with Crippen molar-refractivity contribution < 1.29 is 30.4 Å². The predicted molar refractivity (Wildman–Crippen MR) is 29.4 cm³/mol. The van der Waals surface area contributed by atoms with E-state index >= 15 is 0 Å². The Morgan fingerprint density at radius 3 is 2.78 bits per heavy atom. The van der Waals surface area contributed by atoms with Crippen molar-refractivity contribution in [2.24, 2.45) is 5.92 Å². The van der Waals surface area contributed by atoms with Crippen LogP contribution in [0.4, 0.5) is 0 Å². The number of aliphatic hydroxyl groups is 1. The van der Waals surface area contributed by atoms with Gasteiger partial charge in [0.05, 0.1) is 0 Å². The maximum Gasteiger partial charge on any atom is 2.00 e. The summed E-state index contributed by atoms with van der Waals surface area (Å²) in [5.41, 5.74) is 3.66. The first-order valence-corrected chi connectivity index (χ1v) is 2.83. The van der Waals surface area contributed by atoms with Gasteiger partial charge in [0.15, 0.2) is 0 Å². The predicted octanol–water partition coefficient (Wildman–Crippen LogP) is 0.301. The Balaban J connectivity index is 0.000000640. The van der Waals surface area contributed by atoms with Gasteiger partial charge in [0, 0.05) is 19.1 Å². The van der Waals surface area contributed by atoms with Gasteiger partial charge in [-0.05, 0) is 0 Å². The van der Waals surface area contributed by atoms with Gasteiger partial charge in [0.25, 0.3) is 0 Å². The van der Waals surface area contributed by atoms with E-state index in [1.165, 1.54) is 0 Å². The normalized spacial score (nSPS) is 27.0. The first-order valence-electron chi connectivity index (χ1n) is 2.83. The molecule has 1 atom stereocenters. The zero-order valence-corrected chi connectivity index (χ0v) is 6.58. The van der Waals surface area contributed by atoms with E-state index in [1.807, 2.05) is 0 Å². The van der Waals surface area contributed by atoms with Gasteiger partial charge in [-0.15, -0.1) is 6.54 Å². The molecule has 0 amide bonds. The standard InChI is InChI=1S/C5H10NO2.Pd/c7-3-5-1-2-6-8-4-5;/h5,7H,1-4H2;/q-1;+2. The van der Waals surface area contributed by atoms with Gasteiger partial charge in [0.2, 0.25) is 0 Å². The van der Waals surface area contributed by atoms with E-state index in [0.717, 1.165) is 13.0 Å². The molecule has 1 aliphatic rings. The van der Waals surface area contributed by atoms with E-state index in [2.05, 4.69) is 5.48 Å². The van der Waals surface area contributed by atoms with Crippen LogP contribution in [-0.4, -0.2) is 24.9 Å². The van der Waals surface area contributed by atoms with Crippen LogP contribution in [0, 0.1) is 5.92 Å². The minimum absolute atomic E-state index is 0. The number of hydroxylamine groups is 1. The molecule has 3 nitrogen and oxygen atoms in total. The molecule has 9 heavy (non-hydrogen) atoms. The largest absolute Gasteiger partial charge is 2.00 e. The van der Waals surface area contributed by atoms with Crippen molar-refractivity contribution in [3.8, 4) is 0 Å². The van der Waals surface area contributed by atoms with E-state index in [9.17, 15) is 0 Å². The zero-order chi connectivity index (χ0) is 5.82. The number of rotatable bonds is 1. The molecule has 0 radical (unpaired) electrons. The molecule has 1 aliphatic heterocycles. The first kappa shape index (κ1) is 9.54. The molecule has 0 aliphatic carbocycles. The van der Waals surface area contributed by atoms with Gasteiger partial charge in [-0.25, -0.2) is 0 Å². The van der Waals surface area contributed by atoms with E-state index < -0.39 is 0 Å². The van der Waals surface area contributed by atoms with Crippen molar-refractivity contribution >= 4 is 0 Å². The number of aliphatic hydroxyl groups excluding tert-OH is 1. The van der Waals surface area contributed by atoms with Crippen LogP contribution < -0.4 is 0 Å². The van der Waals surface area contributed by atoms with E-state index in [1.54, 1.807) is 0 Å². The fourth-order valence-electron chi connectivity index (χ4n) is 0.685. The quantitative estimate of drug-likeness (QED) is 0.649. The Hall–Kier alpha value is 0.542. The van der Waals surface area contributed by atoms with Crippen LogP contribution in [0.15, 0.2) is 0 Å². The monoisotopic (exact) mass is 222 g/mol. The zero-order valence-electron chi connectivity index (χ0n) is 5.02. The molecule has 0 saturated carbocycles. The van der Waals surface area contributed by atoms with E-state index in [4.69, 9.17) is 9.94 Å². The second-order valence-electron chi connectivity index (χ2n) is 1.99. The summed E-state index contributed by atoms with van der Waals surface area (Å²) in [6.07, 6.45) is 0.969. The Bertz CT molecular complexity index is 66.0. The van der Waals surface area contributed by atoms with Crippen molar-refractivity contribution in [3.05, 3.63) is 5.48 Å². The molecule has 1 heterocycles. The van der Waals surface area contributed by atoms with Crippen molar-refractivity contribution in [1.29, 1.82) is 0 Å². The van der Waals surface area contributed by atoms with E-state index in [-0.39, 0.29) is 27.0 Å². The number of hydrogen-bond donors (Lipinski definition) is 1. The molecule has 0 aromatic rings. The van der Waals surface area contributed by atoms with Crippen molar-refractivity contribution in [2.45, 2.75) is 6.42 Å². The molecule has 0 aromatic heterocycles. The molecule has 0 bridgehead atoms. The minimum Gasteiger partial charge on any atom is -0.534 e. The van der Waals surface area contributed by atoms with Gasteiger partial charge in [-0.1, -0.05) is 6.42 Å². The molecular formula is C5H10NO2Pd+. The molecule has 0 aromatic carbocycles. The minimum atomic E-state index is 0. The average Bonchev–Trinajstić information content (AvgIpc) is 1.90. The van der Waals surface area contributed by atoms with Gasteiger partial charge in [-0.2, -0.15) is 0 Å². The summed E-state index contributed by atoms with van der Waals surface area (Å²) in [4.78, 5) is 4.74. The van der Waals surface area contributed by atoms with Crippen molar-refractivity contribution in [3.63, 3.8) is 0 Å². The molecule has 1 unspecified atom stereocenters. The summed E-state index contributed by atoms with van der Waals surface area (Å²) in [6, 6.07) is 0. The van der Waals surface area contributed by atoms with Gasteiger partial charge < -0.3 is 15.4 Å². The summed E-state index contributed by atoms with van der Waals surface area (Å²) in [7, 11) is 0. The summed E-state index contributed by atoms with van der Waals surface area (Å²) in [5, 5.41) is 8.57. The first-order chi connectivity index (χ1) is 3.93. The van der Waals surface area contributed by atoms with Gasteiger partial charge in [-0.3, -0.25) is 0 Å². The Labute approximate surface area is 68.4 Å². The fourth-order valence-corrected chi connectivity index (χ4v) is 0.685. The van der Waals surface area contributed by atoms with Crippen LogP contribution in [-0.2, 0) is 25.3 Å². The Morgan fingerprint density at radius 2 is 2.44 bits per heavy atom. The van der Waals surface area contributed by atoms with E-state index in [0.29, 0.717) is 12.5 Å². The summed E-state index contributed by atoms with van der Waals surface area (Å²) >= 11 is 0. The van der Waals surface area contributed by atoms with Crippen molar-refractivity contribution in [1.82, 2.24) is 0 Å². The topological polar surface area (TPSA) is 43.6 Å². The summed E-state index contributed by atoms with van der Waals surface area (Å²) < 4.78 is 0. The third-order valence-electron chi connectivity index (χ3n) is 1.29. The molecule has 1 fully saturated rings. The van der Waals surface area contributed by atoms with Crippen molar-refractivity contribution in [2.75, 3.05) is 19.8 Å². The average molecular weight is 223 g/mol. The third kappa shape index (κ3) is 3.29. The maximum absolute atomic E-state index is 8.57. The molecule has 1 saturated heterocycles. The van der Waals surface area contributed by atoms with Crippen LogP contribution in [0.1, 0.15) is 6.42 Å². The molecule has 56 valence electrons. The second kappa shape index (κ2) is 5.34. The summed E-state index contributed by atoms with van der Waals surface area (Å²) in [6.45, 7) is 1.57. The molecule has 1 rings (SSSR count). The molecule has 0 spiro atoms.